The molecule has 0 radical (unpaired) electrons. The largest absolute Gasteiger partial charge is 0.481 e. The summed E-state index contributed by atoms with van der Waals surface area (Å²) >= 11 is 1.22. The molecule has 0 spiro atoms. The Morgan fingerprint density at radius 1 is 1.50 bits per heavy atom. The van der Waals surface area contributed by atoms with Crippen LogP contribution in [0, 0.1) is 11.3 Å². The number of rotatable bonds is 5. The molecule has 1 aromatic heterocycles. The van der Waals surface area contributed by atoms with Crippen molar-refractivity contribution >= 4 is 17.7 Å². The smallest absolute Gasteiger partial charge is 0.313 e. The summed E-state index contributed by atoms with van der Waals surface area (Å²) in [4.78, 5) is 10.7. The van der Waals surface area contributed by atoms with Crippen LogP contribution in [0.25, 0.3) is 5.69 Å². The van der Waals surface area contributed by atoms with Gasteiger partial charge in [0.1, 0.15) is 5.03 Å². The first-order valence-electron chi connectivity index (χ1n) is 6.08. The average Bonchev–Trinajstić information content (AvgIpc) is 2.88. The van der Waals surface area contributed by atoms with E-state index in [1.165, 1.54) is 11.8 Å². The predicted octanol–water partition coefficient (Wildman–Crippen LogP) is 2.48. The van der Waals surface area contributed by atoms with Crippen molar-refractivity contribution in [3.8, 4) is 11.8 Å². The van der Waals surface area contributed by atoms with E-state index in [2.05, 4.69) is 11.2 Å². The summed E-state index contributed by atoms with van der Waals surface area (Å²) in [5, 5.41) is 22.9. The van der Waals surface area contributed by atoms with E-state index in [4.69, 9.17) is 10.4 Å². The van der Waals surface area contributed by atoms with E-state index in [1.807, 2.05) is 19.1 Å². The SMILES string of the molecule is CCc1cc(SCC(=O)O)n(-c2cccc(C#N)c2)n1. The number of thioether (sulfide) groups is 1. The van der Waals surface area contributed by atoms with Gasteiger partial charge in [0.15, 0.2) is 0 Å². The zero-order valence-electron chi connectivity index (χ0n) is 10.9. The van der Waals surface area contributed by atoms with Gasteiger partial charge in [-0.25, -0.2) is 4.68 Å². The molecule has 0 atom stereocenters. The van der Waals surface area contributed by atoms with Crippen LogP contribution >= 0.6 is 11.8 Å². The number of nitrogens with zero attached hydrogens (tertiary/aromatic N) is 3. The van der Waals surface area contributed by atoms with Crippen LogP contribution in [-0.4, -0.2) is 26.6 Å². The first-order valence-corrected chi connectivity index (χ1v) is 7.06. The van der Waals surface area contributed by atoms with E-state index in [1.54, 1.807) is 22.9 Å². The number of hydrogen-bond donors (Lipinski definition) is 1. The molecule has 2 aromatic rings. The quantitative estimate of drug-likeness (QED) is 0.855. The van der Waals surface area contributed by atoms with Crippen LogP contribution in [0.5, 0.6) is 0 Å². The molecule has 0 saturated carbocycles. The second-order valence-electron chi connectivity index (χ2n) is 4.08. The fraction of sp³-hybridized carbons (Fsp3) is 0.214. The number of aliphatic carboxylic acids is 1. The minimum atomic E-state index is -0.869. The zero-order valence-corrected chi connectivity index (χ0v) is 11.7. The minimum absolute atomic E-state index is 0.0210. The monoisotopic (exact) mass is 287 g/mol. The van der Waals surface area contributed by atoms with Gasteiger partial charge in [0.25, 0.3) is 0 Å². The van der Waals surface area contributed by atoms with Crippen molar-refractivity contribution in [3.63, 3.8) is 0 Å². The van der Waals surface area contributed by atoms with Gasteiger partial charge in [-0.15, -0.1) is 0 Å². The second-order valence-corrected chi connectivity index (χ2v) is 5.08. The molecular formula is C14H13N3O2S. The summed E-state index contributed by atoms with van der Waals surface area (Å²) in [6.45, 7) is 1.99. The minimum Gasteiger partial charge on any atom is -0.481 e. The van der Waals surface area contributed by atoms with Crippen molar-refractivity contribution in [2.24, 2.45) is 0 Å². The van der Waals surface area contributed by atoms with Crippen LogP contribution in [0.2, 0.25) is 0 Å². The van der Waals surface area contributed by atoms with Crippen molar-refractivity contribution in [1.82, 2.24) is 9.78 Å². The van der Waals surface area contributed by atoms with Crippen LogP contribution in [0.3, 0.4) is 0 Å². The van der Waals surface area contributed by atoms with Gasteiger partial charge in [-0.05, 0) is 30.7 Å². The molecule has 1 aromatic carbocycles. The maximum absolute atomic E-state index is 10.7. The van der Waals surface area contributed by atoms with Crippen molar-refractivity contribution in [2.75, 3.05) is 5.75 Å². The lowest BCUT2D eigenvalue weighted by molar-refractivity contribution is -0.133. The molecule has 20 heavy (non-hydrogen) atoms. The van der Waals surface area contributed by atoms with Gasteiger partial charge >= 0.3 is 5.97 Å². The van der Waals surface area contributed by atoms with Crippen LogP contribution < -0.4 is 0 Å². The van der Waals surface area contributed by atoms with Crippen molar-refractivity contribution in [2.45, 2.75) is 18.4 Å². The molecule has 0 aliphatic carbocycles. The normalized spacial score (nSPS) is 10.2. The van der Waals surface area contributed by atoms with Gasteiger partial charge in [-0.1, -0.05) is 24.8 Å². The number of hydrogen-bond acceptors (Lipinski definition) is 4. The average molecular weight is 287 g/mol. The Labute approximate surface area is 120 Å². The highest BCUT2D eigenvalue weighted by Gasteiger charge is 2.11. The summed E-state index contributed by atoms with van der Waals surface area (Å²) in [6, 6.07) is 11.1. The summed E-state index contributed by atoms with van der Waals surface area (Å²) < 4.78 is 1.69. The number of carbonyl (C=O) groups is 1. The van der Waals surface area contributed by atoms with E-state index in [9.17, 15) is 4.79 Å². The number of carboxylic acid groups (broad SMARTS) is 1. The molecule has 0 aliphatic heterocycles. The van der Waals surface area contributed by atoms with Crippen LogP contribution in [0.15, 0.2) is 35.4 Å². The Morgan fingerprint density at radius 2 is 2.30 bits per heavy atom. The maximum Gasteiger partial charge on any atom is 0.313 e. The molecule has 102 valence electrons. The zero-order chi connectivity index (χ0) is 14.5. The Balaban J connectivity index is 2.40. The lowest BCUT2D eigenvalue weighted by Gasteiger charge is -2.06. The van der Waals surface area contributed by atoms with Crippen molar-refractivity contribution < 1.29 is 9.90 Å². The van der Waals surface area contributed by atoms with E-state index < -0.39 is 5.97 Å². The molecule has 1 heterocycles. The third kappa shape index (κ3) is 3.19. The molecule has 6 heteroatoms. The van der Waals surface area contributed by atoms with Crippen molar-refractivity contribution in [3.05, 3.63) is 41.6 Å². The molecule has 0 aliphatic rings. The van der Waals surface area contributed by atoms with Gasteiger partial charge < -0.3 is 5.11 Å². The summed E-state index contributed by atoms with van der Waals surface area (Å²) in [7, 11) is 0. The van der Waals surface area contributed by atoms with Crippen LogP contribution in [-0.2, 0) is 11.2 Å². The lowest BCUT2D eigenvalue weighted by Crippen LogP contribution is -2.02. The number of carboxylic acids is 1. The maximum atomic E-state index is 10.7. The second kappa shape index (κ2) is 6.26. The van der Waals surface area contributed by atoms with E-state index in [0.717, 1.165) is 22.8 Å². The molecule has 5 nitrogen and oxygen atoms in total. The Morgan fingerprint density at radius 3 is 2.95 bits per heavy atom. The molecule has 1 N–H and O–H groups in total. The van der Waals surface area contributed by atoms with Crippen LogP contribution in [0.4, 0.5) is 0 Å². The predicted molar refractivity (Wildman–Crippen MR) is 76.0 cm³/mol. The fourth-order valence-corrected chi connectivity index (χ4v) is 2.47. The third-order valence-electron chi connectivity index (χ3n) is 2.65. The molecular weight excluding hydrogens is 274 g/mol. The highest BCUT2D eigenvalue weighted by atomic mass is 32.2. The van der Waals surface area contributed by atoms with Crippen molar-refractivity contribution in [1.29, 1.82) is 5.26 Å². The van der Waals surface area contributed by atoms with Crippen LogP contribution in [0.1, 0.15) is 18.2 Å². The standard InChI is InChI=1S/C14H13N3O2S/c1-2-11-7-13(20-9-14(18)19)17(16-11)12-5-3-4-10(6-12)8-15/h3-7H,2,9H2,1H3,(H,18,19). The summed E-state index contributed by atoms with van der Waals surface area (Å²) in [5.74, 6) is -0.890. The number of aryl methyl sites for hydroxylation is 1. The van der Waals surface area contributed by atoms with E-state index in [-0.39, 0.29) is 5.75 Å². The highest BCUT2D eigenvalue weighted by Crippen LogP contribution is 2.23. The summed E-state index contributed by atoms with van der Waals surface area (Å²) in [5.41, 5.74) is 2.20. The Kier molecular flexibility index (Phi) is 4.43. The first kappa shape index (κ1) is 14.2. The number of aromatic nitrogens is 2. The fourth-order valence-electron chi connectivity index (χ4n) is 1.71. The topological polar surface area (TPSA) is 78.9 Å². The molecule has 0 bridgehead atoms. The molecule has 2 rings (SSSR count). The van der Waals surface area contributed by atoms with E-state index in [0.29, 0.717) is 5.56 Å². The highest BCUT2D eigenvalue weighted by molar-refractivity contribution is 7.99. The molecule has 0 unspecified atom stereocenters. The van der Waals surface area contributed by atoms with Gasteiger partial charge in [0.2, 0.25) is 0 Å². The molecule has 0 saturated heterocycles. The number of benzene rings is 1. The summed E-state index contributed by atoms with van der Waals surface area (Å²) in [6.07, 6.45) is 0.769. The number of nitriles is 1. The Bertz CT molecular complexity index is 673. The molecule has 0 fully saturated rings. The molecule has 0 amide bonds. The van der Waals surface area contributed by atoms with Gasteiger partial charge in [0, 0.05) is 0 Å². The van der Waals surface area contributed by atoms with Gasteiger partial charge in [0.05, 0.1) is 28.8 Å². The Hall–Kier alpha value is -2.26. The first-order chi connectivity index (χ1) is 9.63. The lowest BCUT2D eigenvalue weighted by atomic mass is 10.2. The van der Waals surface area contributed by atoms with Gasteiger partial charge in [-0.3, -0.25) is 4.79 Å². The van der Waals surface area contributed by atoms with Gasteiger partial charge in [-0.2, -0.15) is 10.4 Å². The third-order valence-corrected chi connectivity index (χ3v) is 3.63. The van der Waals surface area contributed by atoms with E-state index >= 15 is 0 Å².